The van der Waals surface area contributed by atoms with E-state index in [4.69, 9.17) is 14.6 Å². The van der Waals surface area contributed by atoms with Gasteiger partial charge in [-0.15, -0.1) is 0 Å². The van der Waals surface area contributed by atoms with Crippen molar-refractivity contribution in [2.75, 3.05) is 19.8 Å². The number of carbonyl (C=O) groups is 3. The number of hydrogen-bond acceptors (Lipinski definition) is 5. The summed E-state index contributed by atoms with van der Waals surface area (Å²) in [5, 5.41) is 15.0. The van der Waals surface area contributed by atoms with E-state index in [0.29, 0.717) is 32.5 Å². The Labute approximate surface area is 204 Å². The van der Waals surface area contributed by atoms with Gasteiger partial charge in [0.25, 0.3) is 0 Å². The van der Waals surface area contributed by atoms with Crippen LogP contribution in [0.15, 0.2) is 48.5 Å². The van der Waals surface area contributed by atoms with Gasteiger partial charge in [0.05, 0.1) is 13.0 Å². The van der Waals surface area contributed by atoms with Gasteiger partial charge in [0.15, 0.2) is 0 Å². The van der Waals surface area contributed by atoms with Gasteiger partial charge in [-0.3, -0.25) is 9.59 Å². The van der Waals surface area contributed by atoms with Gasteiger partial charge < -0.3 is 25.2 Å². The summed E-state index contributed by atoms with van der Waals surface area (Å²) < 4.78 is 11.0. The molecule has 1 heterocycles. The molecule has 0 spiro atoms. The lowest BCUT2D eigenvalue weighted by atomic mass is 9.79. The molecule has 2 amide bonds. The van der Waals surface area contributed by atoms with Gasteiger partial charge in [0.1, 0.15) is 6.61 Å². The van der Waals surface area contributed by atoms with Crippen LogP contribution in [0, 0.1) is 11.8 Å². The molecule has 3 aliphatic rings. The second-order valence-corrected chi connectivity index (χ2v) is 9.67. The molecule has 0 bridgehead atoms. The predicted octanol–water partition coefficient (Wildman–Crippen LogP) is 3.30. The molecule has 2 aromatic rings. The fraction of sp³-hybridized carbons (Fsp3) is 0.444. The lowest BCUT2D eigenvalue weighted by Crippen LogP contribution is -2.53. The molecule has 1 saturated heterocycles. The van der Waals surface area contributed by atoms with E-state index in [9.17, 15) is 14.4 Å². The van der Waals surface area contributed by atoms with Crippen LogP contribution in [0.25, 0.3) is 11.1 Å². The third kappa shape index (κ3) is 5.03. The van der Waals surface area contributed by atoms with E-state index in [2.05, 4.69) is 34.9 Å². The van der Waals surface area contributed by atoms with E-state index in [1.807, 2.05) is 24.3 Å². The SMILES string of the molecule is O=C(O)CC1COCCC1NC(=O)C1CC(NC(=O)OCC2c3ccccc3-c3ccccc32)C1. The van der Waals surface area contributed by atoms with Crippen LogP contribution in [0.5, 0.6) is 0 Å². The summed E-state index contributed by atoms with van der Waals surface area (Å²) in [4.78, 5) is 36.2. The number of benzene rings is 2. The highest BCUT2D eigenvalue weighted by molar-refractivity contribution is 5.81. The zero-order chi connectivity index (χ0) is 24.4. The van der Waals surface area contributed by atoms with Gasteiger partial charge in [0, 0.05) is 36.4 Å². The average molecular weight is 479 g/mol. The van der Waals surface area contributed by atoms with Crippen molar-refractivity contribution in [2.45, 2.75) is 43.7 Å². The van der Waals surface area contributed by atoms with Crippen LogP contribution in [-0.2, 0) is 19.1 Å². The highest BCUT2D eigenvalue weighted by Crippen LogP contribution is 2.44. The Hall–Kier alpha value is -3.39. The van der Waals surface area contributed by atoms with Crippen LogP contribution in [-0.4, -0.2) is 55.0 Å². The number of carboxylic acid groups (broad SMARTS) is 1. The number of alkyl carbamates (subject to hydrolysis) is 1. The molecular formula is C27H30N2O6. The van der Waals surface area contributed by atoms with Gasteiger partial charge in [0.2, 0.25) is 5.91 Å². The molecule has 184 valence electrons. The van der Waals surface area contributed by atoms with E-state index in [-0.39, 0.29) is 48.8 Å². The zero-order valence-corrected chi connectivity index (χ0v) is 19.4. The van der Waals surface area contributed by atoms with E-state index in [1.54, 1.807) is 0 Å². The number of nitrogens with one attached hydrogen (secondary N) is 2. The molecule has 2 fully saturated rings. The van der Waals surface area contributed by atoms with Crippen molar-refractivity contribution in [3.63, 3.8) is 0 Å². The van der Waals surface area contributed by atoms with Crippen LogP contribution >= 0.6 is 0 Å². The Morgan fingerprint density at radius 2 is 1.63 bits per heavy atom. The number of hydrogen-bond donors (Lipinski definition) is 3. The van der Waals surface area contributed by atoms with E-state index < -0.39 is 12.1 Å². The summed E-state index contributed by atoms with van der Waals surface area (Å²) in [6.07, 6.45) is 1.20. The Kier molecular flexibility index (Phi) is 6.72. The second-order valence-electron chi connectivity index (χ2n) is 9.67. The number of aliphatic carboxylic acids is 1. The van der Waals surface area contributed by atoms with Gasteiger partial charge in [-0.1, -0.05) is 48.5 Å². The van der Waals surface area contributed by atoms with Crippen LogP contribution in [0.1, 0.15) is 42.7 Å². The van der Waals surface area contributed by atoms with Crippen LogP contribution in [0.3, 0.4) is 0 Å². The van der Waals surface area contributed by atoms with E-state index >= 15 is 0 Å². The third-order valence-corrected chi connectivity index (χ3v) is 7.41. The molecule has 8 heteroatoms. The van der Waals surface area contributed by atoms with Crippen molar-refractivity contribution in [2.24, 2.45) is 11.8 Å². The molecule has 2 unspecified atom stereocenters. The van der Waals surface area contributed by atoms with Crippen molar-refractivity contribution >= 4 is 18.0 Å². The normalized spacial score (nSPS) is 25.0. The number of fused-ring (bicyclic) bond motifs is 3. The average Bonchev–Trinajstić information content (AvgIpc) is 3.14. The maximum absolute atomic E-state index is 12.6. The molecule has 3 N–H and O–H groups in total. The Morgan fingerprint density at radius 1 is 0.971 bits per heavy atom. The lowest BCUT2D eigenvalue weighted by molar-refractivity contribution is -0.141. The topological polar surface area (TPSA) is 114 Å². The molecule has 2 atom stereocenters. The first kappa shape index (κ1) is 23.4. The first-order valence-corrected chi connectivity index (χ1v) is 12.2. The third-order valence-electron chi connectivity index (χ3n) is 7.41. The summed E-state index contributed by atoms with van der Waals surface area (Å²) in [5.41, 5.74) is 4.69. The summed E-state index contributed by atoms with van der Waals surface area (Å²) >= 11 is 0. The highest BCUT2D eigenvalue weighted by Gasteiger charge is 2.38. The van der Waals surface area contributed by atoms with Crippen LogP contribution in [0.4, 0.5) is 4.79 Å². The molecule has 5 rings (SSSR count). The molecule has 35 heavy (non-hydrogen) atoms. The van der Waals surface area contributed by atoms with Crippen LogP contribution < -0.4 is 10.6 Å². The smallest absolute Gasteiger partial charge is 0.407 e. The minimum Gasteiger partial charge on any atom is -0.481 e. The van der Waals surface area contributed by atoms with Crippen molar-refractivity contribution in [1.29, 1.82) is 0 Å². The fourth-order valence-corrected chi connectivity index (χ4v) is 5.47. The molecule has 8 nitrogen and oxygen atoms in total. The molecule has 0 radical (unpaired) electrons. The number of ether oxygens (including phenoxy) is 2. The largest absolute Gasteiger partial charge is 0.481 e. The number of carbonyl (C=O) groups excluding carboxylic acids is 2. The first-order chi connectivity index (χ1) is 17.0. The second kappa shape index (κ2) is 10.1. The minimum absolute atomic E-state index is 0.00582. The lowest BCUT2D eigenvalue weighted by Gasteiger charge is -2.37. The summed E-state index contributed by atoms with van der Waals surface area (Å²) in [7, 11) is 0. The fourth-order valence-electron chi connectivity index (χ4n) is 5.47. The molecule has 2 aliphatic carbocycles. The van der Waals surface area contributed by atoms with Gasteiger partial charge in [-0.25, -0.2) is 4.79 Å². The number of rotatable bonds is 7. The maximum atomic E-state index is 12.6. The maximum Gasteiger partial charge on any atom is 0.407 e. The molecule has 1 aliphatic heterocycles. The molecule has 2 aromatic carbocycles. The summed E-state index contributed by atoms with van der Waals surface area (Å²) in [6, 6.07) is 16.1. The Bertz CT molecular complexity index is 1070. The Morgan fingerprint density at radius 3 is 2.29 bits per heavy atom. The van der Waals surface area contributed by atoms with Crippen LogP contribution in [0.2, 0.25) is 0 Å². The van der Waals surface area contributed by atoms with Crippen molar-refractivity contribution < 1.29 is 29.0 Å². The highest BCUT2D eigenvalue weighted by atomic mass is 16.5. The Balaban J connectivity index is 1.08. The van der Waals surface area contributed by atoms with Crippen molar-refractivity contribution in [3.05, 3.63) is 59.7 Å². The van der Waals surface area contributed by atoms with Crippen molar-refractivity contribution in [1.82, 2.24) is 10.6 Å². The molecule has 0 aromatic heterocycles. The minimum atomic E-state index is -0.893. The predicted molar refractivity (Wildman–Crippen MR) is 128 cm³/mol. The molecule has 1 saturated carbocycles. The quantitative estimate of drug-likeness (QED) is 0.563. The summed E-state index contributed by atoms with van der Waals surface area (Å²) in [5.74, 6) is -1.39. The number of amides is 2. The van der Waals surface area contributed by atoms with E-state index in [0.717, 1.165) is 11.1 Å². The zero-order valence-electron chi connectivity index (χ0n) is 19.4. The van der Waals surface area contributed by atoms with Gasteiger partial charge >= 0.3 is 12.1 Å². The van der Waals surface area contributed by atoms with Gasteiger partial charge in [-0.05, 0) is 41.5 Å². The first-order valence-electron chi connectivity index (χ1n) is 12.2. The standard InChI is InChI=1S/C27H30N2O6/c30-25(31)13-17-14-34-10-9-24(17)29-26(32)16-11-18(12-16)28-27(33)35-15-23-21-7-3-1-5-19(21)20-6-2-4-8-22(20)23/h1-8,16-18,23-24H,9-15H2,(H,28,33)(H,29,32)(H,30,31). The monoisotopic (exact) mass is 478 g/mol. The van der Waals surface area contributed by atoms with Crippen molar-refractivity contribution in [3.8, 4) is 11.1 Å². The van der Waals surface area contributed by atoms with E-state index in [1.165, 1.54) is 11.1 Å². The number of carboxylic acids is 1. The molecular weight excluding hydrogens is 448 g/mol. The van der Waals surface area contributed by atoms with Gasteiger partial charge in [-0.2, -0.15) is 0 Å². The summed E-state index contributed by atoms with van der Waals surface area (Å²) in [6.45, 7) is 1.11.